The zero-order valence-electron chi connectivity index (χ0n) is 10.8. The van der Waals surface area contributed by atoms with E-state index in [9.17, 15) is 0 Å². The number of rotatable bonds is 9. The fourth-order valence-electron chi connectivity index (χ4n) is 1.27. The Morgan fingerprint density at radius 2 is 1.39 bits per heavy atom. The van der Waals surface area contributed by atoms with Crippen molar-refractivity contribution in [2.24, 2.45) is 0 Å². The van der Waals surface area contributed by atoms with Crippen LogP contribution in [0.25, 0.3) is 0 Å². The first-order chi connectivity index (χ1) is 8.80. The third-order valence-corrected chi connectivity index (χ3v) is 2.15. The minimum absolute atomic E-state index is 0.0726. The second-order valence-corrected chi connectivity index (χ2v) is 3.48. The molecule has 0 aliphatic heterocycles. The van der Waals surface area contributed by atoms with Crippen molar-refractivity contribution in [1.82, 2.24) is 0 Å². The molecule has 1 aromatic rings. The van der Waals surface area contributed by atoms with Crippen LogP contribution in [0, 0.1) is 0 Å². The van der Waals surface area contributed by atoms with Crippen LogP contribution >= 0.6 is 0 Å². The van der Waals surface area contributed by atoms with Gasteiger partial charge in [-0.2, -0.15) is 0 Å². The van der Waals surface area contributed by atoms with Gasteiger partial charge in [0.05, 0.1) is 6.61 Å². The van der Waals surface area contributed by atoms with Crippen LogP contribution in [-0.4, -0.2) is 31.9 Å². The Kier molecular flexibility index (Phi) is 7.17. The van der Waals surface area contributed by atoms with E-state index >= 15 is 0 Å². The molecule has 1 aromatic carbocycles. The number of aliphatic hydroxyl groups is 1. The van der Waals surface area contributed by atoms with Gasteiger partial charge in [0.25, 0.3) is 0 Å². The Morgan fingerprint density at radius 1 is 0.889 bits per heavy atom. The molecule has 18 heavy (non-hydrogen) atoms. The van der Waals surface area contributed by atoms with Crippen LogP contribution in [0.2, 0.25) is 0 Å². The first-order valence-corrected chi connectivity index (χ1v) is 5.96. The van der Waals surface area contributed by atoms with Gasteiger partial charge >= 0.3 is 0 Å². The summed E-state index contributed by atoms with van der Waals surface area (Å²) in [6, 6.07) is 5.22. The average Bonchev–Trinajstić information content (AvgIpc) is 2.39. The van der Waals surface area contributed by atoms with Crippen LogP contribution in [0.3, 0.4) is 0 Å². The molecular formula is C13H20O5. The van der Waals surface area contributed by atoms with E-state index in [1.807, 2.05) is 13.8 Å². The highest BCUT2D eigenvalue weighted by atomic mass is 16.7. The van der Waals surface area contributed by atoms with E-state index in [2.05, 4.69) is 0 Å². The first kappa shape index (κ1) is 14.8. The van der Waals surface area contributed by atoms with Crippen molar-refractivity contribution in [3.8, 4) is 11.5 Å². The van der Waals surface area contributed by atoms with Gasteiger partial charge in [-0.25, -0.2) is 0 Å². The number of hydrogen-bond acceptors (Lipinski definition) is 5. The van der Waals surface area contributed by atoms with Crippen molar-refractivity contribution in [3.05, 3.63) is 23.8 Å². The summed E-state index contributed by atoms with van der Waals surface area (Å²) >= 11 is 0. The fraction of sp³-hybridized carbons (Fsp3) is 0.538. The van der Waals surface area contributed by atoms with Crippen LogP contribution < -0.4 is 9.47 Å². The molecule has 102 valence electrons. The number of aliphatic hydroxyl groups excluding tert-OH is 1. The molecule has 5 heteroatoms. The summed E-state index contributed by atoms with van der Waals surface area (Å²) in [6.07, 6.45) is 0. The lowest BCUT2D eigenvalue weighted by Crippen LogP contribution is -2.05. The van der Waals surface area contributed by atoms with E-state index in [1.165, 1.54) is 0 Å². The standard InChI is InChI=1S/C13H20O5/c1-3-15-9-17-12-5-11(8-14)6-13(7-12)18-10-16-4-2/h5-7,14H,3-4,8-10H2,1-2H3. The summed E-state index contributed by atoms with van der Waals surface area (Å²) in [4.78, 5) is 0. The van der Waals surface area contributed by atoms with E-state index in [0.29, 0.717) is 24.7 Å². The van der Waals surface area contributed by atoms with Gasteiger partial charge in [0.1, 0.15) is 11.5 Å². The Balaban J connectivity index is 2.62. The molecule has 1 rings (SSSR count). The van der Waals surface area contributed by atoms with Crippen LogP contribution in [0.15, 0.2) is 18.2 Å². The lowest BCUT2D eigenvalue weighted by atomic mass is 10.2. The van der Waals surface area contributed by atoms with E-state index in [1.54, 1.807) is 18.2 Å². The molecule has 0 saturated carbocycles. The zero-order chi connectivity index (χ0) is 13.2. The summed E-state index contributed by atoms with van der Waals surface area (Å²) in [7, 11) is 0. The van der Waals surface area contributed by atoms with Gasteiger partial charge in [0.15, 0.2) is 13.6 Å². The van der Waals surface area contributed by atoms with Crippen molar-refractivity contribution < 1.29 is 24.1 Å². The van der Waals surface area contributed by atoms with Gasteiger partial charge in [-0.05, 0) is 31.5 Å². The number of hydrogen-bond donors (Lipinski definition) is 1. The topological polar surface area (TPSA) is 57.2 Å². The predicted molar refractivity (Wildman–Crippen MR) is 66.6 cm³/mol. The SMILES string of the molecule is CCOCOc1cc(CO)cc(OCOCC)c1. The quantitative estimate of drug-likeness (QED) is 0.540. The van der Waals surface area contributed by atoms with Gasteiger partial charge in [-0.3, -0.25) is 0 Å². The summed E-state index contributed by atoms with van der Waals surface area (Å²) in [6.45, 7) is 5.25. The van der Waals surface area contributed by atoms with E-state index < -0.39 is 0 Å². The molecule has 0 aromatic heterocycles. The molecule has 0 aliphatic rings. The zero-order valence-corrected chi connectivity index (χ0v) is 10.8. The van der Waals surface area contributed by atoms with E-state index in [0.717, 1.165) is 5.56 Å². The van der Waals surface area contributed by atoms with Crippen LogP contribution in [0.4, 0.5) is 0 Å². The third kappa shape index (κ3) is 5.35. The molecule has 5 nitrogen and oxygen atoms in total. The van der Waals surface area contributed by atoms with Crippen molar-refractivity contribution >= 4 is 0 Å². The molecular weight excluding hydrogens is 236 g/mol. The maximum atomic E-state index is 9.16. The molecule has 1 N–H and O–H groups in total. The smallest absolute Gasteiger partial charge is 0.189 e. The van der Waals surface area contributed by atoms with Gasteiger partial charge in [-0.1, -0.05) is 0 Å². The van der Waals surface area contributed by atoms with Crippen LogP contribution in [0.1, 0.15) is 19.4 Å². The molecule has 0 heterocycles. The predicted octanol–water partition coefficient (Wildman–Crippen LogP) is 1.92. The second kappa shape index (κ2) is 8.74. The van der Waals surface area contributed by atoms with Crippen molar-refractivity contribution in [2.45, 2.75) is 20.5 Å². The van der Waals surface area contributed by atoms with Gasteiger partial charge in [-0.15, -0.1) is 0 Å². The Morgan fingerprint density at radius 3 is 1.78 bits per heavy atom. The van der Waals surface area contributed by atoms with Gasteiger partial charge in [0, 0.05) is 19.3 Å². The largest absolute Gasteiger partial charge is 0.467 e. The molecule has 0 aliphatic carbocycles. The minimum Gasteiger partial charge on any atom is -0.467 e. The maximum absolute atomic E-state index is 9.16. The summed E-state index contributed by atoms with van der Waals surface area (Å²) in [5, 5.41) is 9.16. The molecule has 0 radical (unpaired) electrons. The molecule has 0 fully saturated rings. The summed E-state index contributed by atoms with van der Waals surface area (Å²) < 4.78 is 21.0. The average molecular weight is 256 g/mol. The molecule has 0 unspecified atom stereocenters. The Hall–Kier alpha value is -1.30. The molecule has 0 amide bonds. The first-order valence-electron chi connectivity index (χ1n) is 5.96. The second-order valence-electron chi connectivity index (χ2n) is 3.48. The highest BCUT2D eigenvalue weighted by molar-refractivity contribution is 5.38. The lowest BCUT2D eigenvalue weighted by molar-refractivity contribution is 0.0180. The minimum atomic E-state index is -0.0726. The van der Waals surface area contributed by atoms with Crippen molar-refractivity contribution in [2.75, 3.05) is 26.8 Å². The third-order valence-electron chi connectivity index (χ3n) is 2.15. The highest BCUT2D eigenvalue weighted by Gasteiger charge is 2.03. The number of ether oxygens (including phenoxy) is 4. The summed E-state index contributed by atoms with van der Waals surface area (Å²) in [5.41, 5.74) is 0.718. The normalized spacial score (nSPS) is 10.4. The Bertz CT molecular complexity index is 312. The number of benzene rings is 1. The fourth-order valence-corrected chi connectivity index (χ4v) is 1.27. The van der Waals surface area contributed by atoms with Crippen molar-refractivity contribution in [3.63, 3.8) is 0 Å². The van der Waals surface area contributed by atoms with Gasteiger partial charge in [0.2, 0.25) is 0 Å². The Labute approximate surface area is 107 Å². The monoisotopic (exact) mass is 256 g/mol. The molecule has 0 saturated heterocycles. The highest BCUT2D eigenvalue weighted by Crippen LogP contribution is 2.23. The molecule has 0 bridgehead atoms. The van der Waals surface area contributed by atoms with Crippen LogP contribution in [-0.2, 0) is 16.1 Å². The summed E-state index contributed by atoms with van der Waals surface area (Å²) in [5.74, 6) is 1.20. The van der Waals surface area contributed by atoms with E-state index in [4.69, 9.17) is 24.1 Å². The lowest BCUT2D eigenvalue weighted by Gasteiger charge is -2.11. The van der Waals surface area contributed by atoms with Crippen LogP contribution in [0.5, 0.6) is 11.5 Å². The molecule has 0 atom stereocenters. The van der Waals surface area contributed by atoms with Crippen molar-refractivity contribution in [1.29, 1.82) is 0 Å². The molecule has 0 spiro atoms. The maximum Gasteiger partial charge on any atom is 0.189 e. The van der Waals surface area contributed by atoms with E-state index in [-0.39, 0.29) is 20.2 Å². The van der Waals surface area contributed by atoms with Gasteiger partial charge < -0.3 is 24.1 Å².